The van der Waals surface area contributed by atoms with Crippen molar-refractivity contribution in [1.29, 1.82) is 0 Å². The van der Waals surface area contributed by atoms with Crippen LogP contribution in [0.1, 0.15) is 55.4 Å². The van der Waals surface area contributed by atoms with Gasteiger partial charge < -0.3 is 0 Å². The summed E-state index contributed by atoms with van der Waals surface area (Å²) in [5.74, 6) is 0. The van der Waals surface area contributed by atoms with Gasteiger partial charge in [0.1, 0.15) is 0 Å². The molecule has 0 nitrogen and oxygen atoms in total. The topological polar surface area (TPSA) is 0 Å². The van der Waals surface area contributed by atoms with Gasteiger partial charge in [0, 0.05) is 0 Å². The summed E-state index contributed by atoms with van der Waals surface area (Å²) >= 11 is -0.181. The zero-order valence-electron chi connectivity index (χ0n) is 13.8. The van der Waals surface area contributed by atoms with Crippen LogP contribution in [-0.2, 0) is 13.4 Å². The zero-order chi connectivity index (χ0) is 15.6. The SMILES string of the molecule is CC(C)P(CCP(C(C)C)C(C)C)C(C)C.[Cl][Cr][Cl]. The molecule has 0 unspecified atom stereocenters. The molecule has 0 aliphatic carbocycles. The van der Waals surface area contributed by atoms with Gasteiger partial charge in [-0.05, 0) is 35.0 Å². The van der Waals surface area contributed by atoms with Gasteiger partial charge in [0.05, 0.1) is 0 Å². The van der Waals surface area contributed by atoms with E-state index < -0.39 is 0 Å². The fraction of sp³-hybridized carbons (Fsp3) is 1.00. The Morgan fingerprint density at radius 1 is 0.632 bits per heavy atom. The molecule has 0 rings (SSSR count). The number of hydrogen-bond donors (Lipinski definition) is 0. The monoisotopic (exact) mass is 384 g/mol. The summed E-state index contributed by atoms with van der Waals surface area (Å²) in [6, 6.07) is 0. The molecule has 0 fully saturated rings. The van der Waals surface area contributed by atoms with E-state index in [1.165, 1.54) is 12.3 Å². The molecule has 0 saturated heterocycles. The van der Waals surface area contributed by atoms with E-state index in [-0.39, 0.29) is 29.2 Å². The van der Waals surface area contributed by atoms with Gasteiger partial charge in [-0.25, -0.2) is 0 Å². The van der Waals surface area contributed by atoms with Crippen molar-refractivity contribution in [3.63, 3.8) is 0 Å². The van der Waals surface area contributed by atoms with Crippen LogP contribution in [0.2, 0.25) is 0 Å². The summed E-state index contributed by atoms with van der Waals surface area (Å²) in [5.41, 5.74) is 3.63. The maximum atomic E-state index is 4.83. The quantitative estimate of drug-likeness (QED) is 0.416. The van der Waals surface area contributed by atoms with Gasteiger partial charge in [-0.15, -0.1) is 15.8 Å². The summed E-state index contributed by atoms with van der Waals surface area (Å²) in [7, 11) is 10.2. The van der Waals surface area contributed by atoms with Crippen molar-refractivity contribution in [2.24, 2.45) is 0 Å². The predicted molar refractivity (Wildman–Crippen MR) is 95.8 cm³/mol. The van der Waals surface area contributed by atoms with E-state index in [1.807, 2.05) is 0 Å². The van der Waals surface area contributed by atoms with Gasteiger partial charge in [-0.1, -0.05) is 55.4 Å². The fourth-order valence-electron chi connectivity index (χ4n) is 2.46. The van der Waals surface area contributed by atoms with Gasteiger partial charge in [0.2, 0.25) is 0 Å². The van der Waals surface area contributed by atoms with Crippen molar-refractivity contribution in [3.8, 4) is 0 Å². The van der Waals surface area contributed by atoms with Crippen LogP contribution in [0, 0.1) is 0 Å². The summed E-state index contributed by atoms with van der Waals surface area (Å²) in [6.07, 6.45) is 3.01. The minimum atomic E-state index is -0.181. The molecule has 0 aromatic carbocycles. The molecule has 19 heavy (non-hydrogen) atoms. The Bertz CT molecular complexity index is 164. The summed E-state index contributed by atoms with van der Waals surface area (Å²) in [6.45, 7) is 19.3. The first-order valence-corrected chi connectivity index (χ1v) is 13.9. The number of hydrogen-bond acceptors (Lipinski definition) is 0. The zero-order valence-corrected chi connectivity index (χ0v) is 18.4. The maximum absolute atomic E-state index is 4.83. The first-order valence-electron chi connectivity index (χ1n) is 7.09. The molecule has 0 aliphatic rings. The molecule has 0 N–H and O–H groups in total. The van der Waals surface area contributed by atoms with Crippen molar-refractivity contribution in [2.45, 2.75) is 78.0 Å². The molecule has 0 atom stereocenters. The molecule has 0 bridgehead atoms. The van der Waals surface area contributed by atoms with E-state index >= 15 is 0 Å². The Balaban J connectivity index is 0. The molecule has 118 valence electrons. The van der Waals surface area contributed by atoms with Crippen LogP contribution in [0.15, 0.2) is 0 Å². The predicted octanol–water partition coefficient (Wildman–Crippen LogP) is 6.96. The van der Waals surface area contributed by atoms with Crippen molar-refractivity contribution >= 4 is 35.9 Å². The van der Waals surface area contributed by atoms with Crippen LogP contribution in [0.4, 0.5) is 0 Å². The molecule has 0 aliphatic heterocycles. The molecule has 0 heterocycles. The van der Waals surface area contributed by atoms with Crippen LogP contribution in [0.5, 0.6) is 0 Å². The van der Waals surface area contributed by atoms with Crippen molar-refractivity contribution in [2.75, 3.05) is 12.3 Å². The summed E-state index contributed by atoms with van der Waals surface area (Å²) in [4.78, 5) is 0. The van der Waals surface area contributed by atoms with E-state index in [4.69, 9.17) is 20.1 Å². The van der Waals surface area contributed by atoms with Gasteiger partial charge >= 0.3 is 33.5 Å². The molecular weight excluding hydrogens is 353 g/mol. The third kappa shape index (κ3) is 12.2. The standard InChI is InChI=1S/C14H32P2.2ClH.Cr/c1-11(2)15(12(3)4)9-10-16(13(5)6)14(7)8;;;/h11-14H,9-10H2,1-8H3;2*1H;/q;;;+2/p-2. The van der Waals surface area contributed by atoms with Gasteiger partial charge in [-0.3, -0.25) is 0 Å². The molecule has 0 amide bonds. The van der Waals surface area contributed by atoms with Gasteiger partial charge in [0.25, 0.3) is 0 Å². The number of rotatable bonds is 7. The van der Waals surface area contributed by atoms with Crippen LogP contribution in [0.3, 0.4) is 0 Å². The Morgan fingerprint density at radius 3 is 0.895 bits per heavy atom. The van der Waals surface area contributed by atoms with Gasteiger partial charge in [0.15, 0.2) is 0 Å². The Hall–Kier alpha value is 1.97. The summed E-state index contributed by atoms with van der Waals surface area (Å²) < 4.78 is 0. The van der Waals surface area contributed by atoms with Crippen molar-refractivity contribution in [1.82, 2.24) is 0 Å². The Labute approximate surface area is 139 Å². The van der Waals surface area contributed by atoms with E-state index in [0.29, 0.717) is 0 Å². The second-order valence-corrected chi connectivity index (χ2v) is 15.1. The van der Waals surface area contributed by atoms with Gasteiger partial charge in [-0.2, -0.15) is 0 Å². The molecule has 0 saturated carbocycles. The van der Waals surface area contributed by atoms with E-state index in [1.54, 1.807) is 0 Å². The molecular formula is C14H32Cl2CrP2. The summed E-state index contributed by atoms with van der Waals surface area (Å²) in [5, 5.41) is 0. The third-order valence-electron chi connectivity index (χ3n) is 3.27. The second-order valence-electron chi connectivity index (χ2n) is 5.91. The molecule has 5 heteroatoms. The fourth-order valence-corrected chi connectivity index (χ4v) is 8.75. The first kappa shape index (κ1) is 23.2. The van der Waals surface area contributed by atoms with Crippen LogP contribution < -0.4 is 0 Å². The molecule has 0 spiro atoms. The average molecular weight is 385 g/mol. The van der Waals surface area contributed by atoms with E-state index in [0.717, 1.165) is 22.6 Å². The van der Waals surface area contributed by atoms with E-state index in [2.05, 4.69) is 55.4 Å². The van der Waals surface area contributed by atoms with E-state index in [9.17, 15) is 0 Å². The van der Waals surface area contributed by atoms with Crippen molar-refractivity contribution in [3.05, 3.63) is 0 Å². The minimum absolute atomic E-state index is 0.181. The molecule has 0 radical (unpaired) electrons. The van der Waals surface area contributed by atoms with Crippen LogP contribution in [-0.4, -0.2) is 35.0 Å². The van der Waals surface area contributed by atoms with Crippen LogP contribution in [0.25, 0.3) is 0 Å². The average Bonchev–Trinajstić information content (AvgIpc) is 2.22. The van der Waals surface area contributed by atoms with Crippen molar-refractivity contribution < 1.29 is 13.4 Å². The van der Waals surface area contributed by atoms with Crippen LogP contribution >= 0.6 is 35.9 Å². The second kappa shape index (κ2) is 13.6. The number of halogens is 2. The first-order chi connectivity index (χ1) is 8.68. The Morgan fingerprint density at radius 2 is 0.789 bits per heavy atom. The Kier molecular flexibility index (Phi) is 16.7. The third-order valence-corrected chi connectivity index (χ3v) is 10.4. The molecule has 0 aromatic rings. The normalized spacial score (nSPS) is 12.0. The molecule has 0 aromatic heterocycles.